The molecule has 0 radical (unpaired) electrons. The van der Waals surface area contributed by atoms with E-state index < -0.39 is 23.6 Å². The fourth-order valence-corrected chi connectivity index (χ4v) is 2.25. The van der Waals surface area contributed by atoms with Gasteiger partial charge < -0.3 is 15.4 Å². The average molecular weight is 387 g/mol. The largest absolute Gasteiger partial charge is 0.496 e. The first-order valence-corrected chi connectivity index (χ1v) is 7.68. The molecule has 0 saturated carbocycles. The molecule has 0 heterocycles. The first-order valence-electron chi connectivity index (χ1n) is 7.30. The van der Waals surface area contributed by atoms with E-state index in [0.717, 1.165) is 12.1 Å². The second kappa shape index (κ2) is 8.09. The smallest absolute Gasteiger partial charge is 0.416 e. The van der Waals surface area contributed by atoms with Crippen molar-refractivity contribution in [1.82, 2.24) is 5.32 Å². The lowest BCUT2D eigenvalue weighted by atomic mass is 10.2. The van der Waals surface area contributed by atoms with Crippen LogP contribution in [-0.4, -0.2) is 18.9 Å². The van der Waals surface area contributed by atoms with Gasteiger partial charge in [-0.25, -0.2) is 0 Å². The van der Waals surface area contributed by atoms with Crippen LogP contribution < -0.4 is 15.4 Å². The maximum Gasteiger partial charge on any atom is 0.416 e. The fourth-order valence-electron chi connectivity index (χ4n) is 2.08. The zero-order valence-electron chi connectivity index (χ0n) is 13.5. The van der Waals surface area contributed by atoms with Gasteiger partial charge in [0.1, 0.15) is 5.75 Å². The summed E-state index contributed by atoms with van der Waals surface area (Å²) in [5, 5.41) is 4.31. The molecule has 0 unspecified atom stereocenters. The molecule has 2 aromatic rings. The Morgan fingerprint density at radius 2 is 1.81 bits per heavy atom. The number of amides is 2. The van der Waals surface area contributed by atoms with Crippen molar-refractivity contribution < 1.29 is 27.5 Å². The topological polar surface area (TPSA) is 67.4 Å². The number of nitrogens with one attached hydrogen (secondary N) is 2. The average Bonchev–Trinajstić information content (AvgIpc) is 2.60. The van der Waals surface area contributed by atoms with E-state index in [1.807, 2.05) is 0 Å². The van der Waals surface area contributed by atoms with E-state index in [0.29, 0.717) is 17.4 Å². The maximum atomic E-state index is 12.7. The number of alkyl halides is 3. The lowest BCUT2D eigenvalue weighted by molar-refractivity contribution is -0.137. The number of rotatable bonds is 4. The molecule has 2 N–H and O–H groups in total. The molecule has 0 saturated heterocycles. The second-order valence-electron chi connectivity index (χ2n) is 5.14. The number of para-hydroxylation sites is 1. The lowest BCUT2D eigenvalue weighted by Gasteiger charge is -2.12. The lowest BCUT2D eigenvalue weighted by Crippen LogP contribution is -2.35. The summed E-state index contributed by atoms with van der Waals surface area (Å²) < 4.78 is 43.3. The van der Waals surface area contributed by atoms with Gasteiger partial charge in [0.15, 0.2) is 0 Å². The van der Waals surface area contributed by atoms with E-state index in [2.05, 4.69) is 10.6 Å². The predicted octanol–water partition coefficient (Wildman–Crippen LogP) is 3.62. The fraction of sp³-hybridized carbons (Fsp3) is 0.176. The molecular formula is C17H14ClF3N2O3. The van der Waals surface area contributed by atoms with Crippen LogP contribution in [0.15, 0.2) is 42.5 Å². The third-order valence-corrected chi connectivity index (χ3v) is 3.71. The van der Waals surface area contributed by atoms with Crippen molar-refractivity contribution in [1.29, 1.82) is 0 Å². The van der Waals surface area contributed by atoms with Gasteiger partial charge in [-0.2, -0.15) is 13.2 Å². The van der Waals surface area contributed by atoms with Gasteiger partial charge in [0.25, 0.3) is 0 Å². The summed E-state index contributed by atoms with van der Waals surface area (Å²) in [6.45, 7) is 0.00654. The molecule has 0 aliphatic carbocycles. The van der Waals surface area contributed by atoms with Crippen molar-refractivity contribution in [3.63, 3.8) is 0 Å². The van der Waals surface area contributed by atoms with Gasteiger partial charge in [-0.05, 0) is 24.3 Å². The van der Waals surface area contributed by atoms with Gasteiger partial charge in [0.05, 0.1) is 23.4 Å². The summed E-state index contributed by atoms with van der Waals surface area (Å²) in [6.07, 6.45) is -4.60. The monoisotopic (exact) mass is 386 g/mol. The molecule has 138 valence electrons. The first kappa shape index (κ1) is 19.6. The minimum Gasteiger partial charge on any atom is -0.496 e. The Hall–Kier alpha value is -2.74. The number of carbonyl (C=O) groups is 2. The zero-order valence-corrected chi connectivity index (χ0v) is 14.2. The SMILES string of the molecule is COc1ccccc1CNC(=O)C(=O)Nc1cc(C(F)(F)F)ccc1Cl. The molecule has 0 spiro atoms. The summed E-state index contributed by atoms with van der Waals surface area (Å²) in [6, 6.07) is 9.28. The van der Waals surface area contributed by atoms with E-state index in [1.54, 1.807) is 24.3 Å². The van der Waals surface area contributed by atoms with Crippen molar-refractivity contribution in [2.75, 3.05) is 12.4 Å². The molecule has 9 heteroatoms. The van der Waals surface area contributed by atoms with Crippen LogP contribution in [0.1, 0.15) is 11.1 Å². The predicted molar refractivity (Wildman–Crippen MR) is 89.9 cm³/mol. The number of carbonyl (C=O) groups excluding carboxylic acids is 2. The number of ether oxygens (including phenoxy) is 1. The second-order valence-corrected chi connectivity index (χ2v) is 5.55. The van der Waals surface area contributed by atoms with Crippen LogP contribution in [0.3, 0.4) is 0 Å². The molecule has 5 nitrogen and oxygen atoms in total. The van der Waals surface area contributed by atoms with Crippen LogP contribution in [0.2, 0.25) is 5.02 Å². The van der Waals surface area contributed by atoms with Gasteiger partial charge in [-0.1, -0.05) is 29.8 Å². The number of benzene rings is 2. The van der Waals surface area contributed by atoms with Gasteiger partial charge in [-0.3, -0.25) is 9.59 Å². The minimum atomic E-state index is -4.60. The van der Waals surface area contributed by atoms with Crippen molar-refractivity contribution in [3.8, 4) is 5.75 Å². The molecule has 0 aliphatic rings. The molecule has 26 heavy (non-hydrogen) atoms. The number of hydrogen-bond donors (Lipinski definition) is 2. The third-order valence-electron chi connectivity index (χ3n) is 3.38. The van der Waals surface area contributed by atoms with E-state index in [9.17, 15) is 22.8 Å². The Bertz CT molecular complexity index is 825. The number of anilines is 1. The van der Waals surface area contributed by atoms with Crippen LogP contribution >= 0.6 is 11.6 Å². The van der Waals surface area contributed by atoms with Gasteiger partial charge >= 0.3 is 18.0 Å². The summed E-state index contributed by atoms with van der Waals surface area (Å²) in [5.41, 5.74) is -0.668. The van der Waals surface area contributed by atoms with E-state index >= 15 is 0 Å². The van der Waals surface area contributed by atoms with E-state index in [-0.39, 0.29) is 17.3 Å². The zero-order chi connectivity index (χ0) is 19.3. The number of halogens is 4. The molecular weight excluding hydrogens is 373 g/mol. The van der Waals surface area contributed by atoms with Gasteiger partial charge in [-0.15, -0.1) is 0 Å². The molecule has 2 aromatic carbocycles. The van der Waals surface area contributed by atoms with Crippen LogP contribution in [0.4, 0.5) is 18.9 Å². The van der Waals surface area contributed by atoms with Gasteiger partial charge in [0, 0.05) is 12.1 Å². The Balaban J connectivity index is 2.04. The summed E-state index contributed by atoms with van der Waals surface area (Å²) >= 11 is 5.78. The molecule has 2 rings (SSSR count). The molecule has 2 amide bonds. The minimum absolute atomic E-state index is 0.00654. The summed E-state index contributed by atoms with van der Waals surface area (Å²) in [4.78, 5) is 23.8. The van der Waals surface area contributed by atoms with Crippen molar-refractivity contribution >= 4 is 29.1 Å². The van der Waals surface area contributed by atoms with Crippen LogP contribution in [-0.2, 0) is 22.3 Å². The van der Waals surface area contributed by atoms with Crippen molar-refractivity contribution in [3.05, 3.63) is 58.6 Å². The first-order chi connectivity index (χ1) is 12.2. The highest BCUT2D eigenvalue weighted by Gasteiger charge is 2.31. The Morgan fingerprint density at radius 3 is 2.46 bits per heavy atom. The van der Waals surface area contributed by atoms with E-state index in [4.69, 9.17) is 16.3 Å². The van der Waals surface area contributed by atoms with Crippen LogP contribution in [0.25, 0.3) is 0 Å². The number of hydrogen-bond acceptors (Lipinski definition) is 3. The van der Waals surface area contributed by atoms with Crippen molar-refractivity contribution in [2.45, 2.75) is 12.7 Å². The Morgan fingerprint density at radius 1 is 1.12 bits per heavy atom. The molecule has 0 atom stereocenters. The molecule has 0 aliphatic heterocycles. The Kier molecular flexibility index (Phi) is 6.10. The Labute approximate surface area is 152 Å². The quantitative estimate of drug-likeness (QED) is 0.789. The highest BCUT2D eigenvalue weighted by Crippen LogP contribution is 2.33. The van der Waals surface area contributed by atoms with Crippen LogP contribution in [0.5, 0.6) is 5.75 Å². The summed E-state index contributed by atoms with van der Waals surface area (Å²) in [7, 11) is 1.46. The highest BCUT2D eigenvalue weighted by molar-refractivity contribution is 6.41. The standard InChI is InChI=1S/C17H14ClF3N2O3/c1-26-14-5-3-2-4-10(14)9-22-15(24)16(25)23-13-8-11(17(19,20)21)6-7-12(13)18/h2-8H,9H2,1H3,(H,22,24)(H,23,25). The number of methoxy groups -OCH3 is 1. The molecule has 0 bridgehead atoms. The highest BCUT2D eigenvalue weighted by atomic mass is 35.5. The summed E-state index contributed by atoms with van der Waals surface area (Å²) in [5.74, 6) is -1.64. The van der Waals surface area contributed by atoms with Crippen molar-refractivity contribution in [2.24, 2.45) is 0 Å². The maximum absolute atomic E-state index is 12.7. The van der Waals surface area contributed by atoms with Crippen LogP contribution in [0, 0.1) is 0 Å². The normalized spacial score (nSPS) is 11.0. The van der Waals surface area contributed by atoms with E-state index in [1.165, 1.54) is 7.11 Å². The molecule has 0 aromatic heterocycles. The molecule has 0 fully saturated rings. The van der Waals surface area contributed by atoms with Gasteiger partial charge in [0.2, 0.25) is 0 Å². The third kappa shape index (κ3) is 4.89.